The van der Waals surface area contributed by atoms with Crippen LogP contribution >= 0.6 is 0 Å². The number of nitrogens with two attached hydrogens (primary N) is 1. The first-order valence-electron chi connectivity index (χ1n) is 6.01. The summed E-state index contributed by atoms with van der Waals surface area (Å²) in [5.41, 5.74) is 6.59. The zero-order valence-corrected chi connectivity index (χ0v) is 10.9. The molecule has 0 saturated carbocycles. The Morgan fingerprint density at radius 2 is 2.29 bits per heavy atom. The van der Waals surface area contributed by atoms with Gasteiger partial charge in [0.15, 0.2) is 0 Å². The van der Waals surface area contributed by atoms with Crippen molar-refractivity contribution in [2.24, 2.45) is 11.7 Å². The maximum Gasteiger partial charge on any atom is 0.222 e. The Balaban J connectivity index is 2.40. The molecular weight excluding hydrogens is 216 g/mol. The molecule has 4 nitrogen and oxygen atoms in total. The highest BCUT2D eigenvalue weighted by molar-refractivity contribution is 5.75. The van der Waals surface area contributed by atoms with E-state index in [1.807, 2.05) is 20.0 Å². The van der Waals surface area contributed by atoms with Crippen molar-refractivity contribution in [3.05, 3.63) is 23.7 Å². The number of hydrogen-bond donors (Lipinski definition) is 1. The summed E-state index contributed by atoms with van der Waals surface area (Å²) in [6, 6.07) is 1.90. The molecule has 1 aromatic rings. The highest BCUT2D eigenvalue weighted by atomic mass is 16.3. The van der Waals surface area contributed by atoms with Crippen LogP contribution in [0.2, 0.25) is 0 Å². The maximum atomic E-state index is 11.9. The van der Waals surface area contributed by atoms with Crippen molar-refractivity contribution in [3.63, 3.8) is 0 Å². The quantitative estimate of drug-likeness (QED) is 0.823. The lowest BCUT2D eigenvalue weighted by molar-refractivity contribution is -0.130. The normalized spacial score (nSPS) is 12.5. The van der Waals surface area contributed by atoms with Gasteiger partial charge in [0.1, 0.15) is 5.76 Å². The molecule has 0 aliphatic heterocycles. The summed E-state index contributed by atoms with van der Waals surface area (Å²) in [5.74, 6) is 1.44. The first-order valence-corrected chi connectivity index (χ1v) is 6.01. The Bertz CT molecular complexity index is 360. The standard InChI is InChI=1S/C13H22N2O2/c1-10(8-14)4-5-13(16)15(3)9-12-6-7-17-11(12)2/h6-7,10H,4-5,8-9,14H2,1-3H3. The Morgan fingerprint density at radius 3 is 2.82 bits per heavy atom. The van der Waals surface area contributed by atoms with Crippen LogP contribution in [0, 0.1) is 12.8 Å². The number of hydrogen-bond acceptors (Lipinski definition) is 3. The first-order chi connectivity index (χ1) is 8.04. The van der Waals surface area contributed by atoms with E-state index in [0.29, 0.717) is 25.4 Å². The lowest BCUT2D eigenvalue weighted by Gasteiger charge is -2.17. The van der Waals surface area contributed by atoms with Gasteiger partial charge in [-0.15, -0.1) is 0 Å². The molecule has 1 aromatic heterocycles. The molecule has 2 N–H and O–H groups in total. The van der Waals surface area contributed by atoms with Gasteiger partial charge in [-0.2, -0.15) is 0 Å². The summed E-state index contributed by atoms with van der Waals surface area (Å²) >= 11 is 0. The number of carbonyl (C=O) groups is 1. The molecule has 0 aliphatic rings. The highest BCUT2D eigenvalue weighted by Gasteiger charge is 2.12. The lowest BCUT2D eigenvalue weighted by Crippen LogP contribution is -2.27. The minimum absolute atomic E-state index is 0.158. The molecule has 4 heteroatoms. The van der Waals surface area contributed by atoms with E-state index in [-0.39, 0.29) is 5.91 Å². The van der Waals surface area contributed by atoms with Crippen LogP contribution in [0.3, 0.4) is 0 Å². The second-order valence-corrected chi connectivity index (χ2v) is 4.63. The summed E-state index contributed by atoms with van der Waals surface area (Å²) in [7, 11) is 1.82. The average Bonchev–Trinajstić information content (AvgIpc) is 2.71. The van der Waals surface area contributed by atoms with Crippen molar-refractivity contribution in [2.75, 3.05) is 13.6 Å². The summed E-state index contributed by atoms with van der Waals surface area (Å²) in [6.45, 7) is 5.22. The van der Waals surface area contributed by atoms with E-state index in [0.717, 1.165) is 17.7 Å². The topological polar surface area (TPSA) is 59.5 Å². The summed E-state index contributed by atoms with van der Waals surface area (Å²) < 4.78 is 5.21. The molecular formula is C13H22N2O2. The van der Waals surface area contributed by atoms with Crippen molar-refractivity contribution in [3.8, 4) is 0 Å². The van der Waals surface area contributed by atoms with Crippen LogP contribution in [-0.4, -0.2) is 24.4 Å². The summed E-state index contributed by atoms with van der Waals surface area (Å²) in [5, 5.41) is 0. The molecule has 0 aromatic carbocycles. The van der Waals surface area contributed by atoms with E-state index in [4.69, 9.17) is 10.2 Å². The molecule has 0 spiro atoms. The zero-order chi connectivity index (χ0) is 12.8. The van der Waals surface area contributed by atoms with E-state index in [2.05, 4.69) is 6.92 Å². The first kappa shape index (κ1) is 13.8. The number of amides is 1. The van der Waals surface area contributed by atoms with Crippen LogP contribution in [0.25, 0.3) is 0 Å². The molecule has 0 fully saturated rings. The molecule has 0 radical (unpaired) electrons. The number of nitrogens with zero attached hydrogens (tertiary/aromatic N) is 1. The Kier molecular flexibility index (Phi) is 5.22. The van der Waals surface area contributed by atoms with Crippen LogP contribution in [-0.2, 0) is 11.3 Å². The Morgan fingerprint density at radius 1 is 1.59 bits per heavy atom. The molecule has 0 bridgehead atoms. The monoisotopic (exact) mass is 238 g/mol. The van der Waals surface area contributed by atoms with Crippen molar-refractivity contribution in [1.29, 1.82) is 0 Å². The molecule has 1 unspecified atom stereocenters. The van der Waals surface area contributed by atoms with E-state index in [1.54, 1.807) is 11.2 Å². The number of rotatable bonds is 6. The fourth-order valence-corrected chi connectivity index (χ4v) is 1.60. The van der Waals surface area contributed by atoms with Gasteiger partial charge in [0, 0.05) is 25.6 Å². The molecule has 1 atom stereocenters. The number of aryl methyl sites for hydroxylation is 1. The second-order valence-electron chi connectivity index (χ2n) is 4.63. The maximum absolute atomic E-state index is 11.9. The highest BCUT2D eigenvalue weighted by Crippen LogP contribution is 2.12. The van der Waals surface area contributed by atoms with E-state index in [9.17, 15) is 4.79 Å². The van der Waals surface area contributed by atoms with Gasteiger partial charge in [-0.3, -0.25) is 4.79 Å². The van der Waals surface area contributed by atoms with Gasteiger partial charge >= 0.3 is 0 Å². The second kappa shape index (κ2) is 6.45. The van der Waals surface area contributed by atoms with Crippen LogP contribution in [0.1, 0.15) is 31.1 Å². The molecule has 0 aliphatic carbocycles. The van der Waals surface area contributed by atoms with Gasteiger partial charge in [0.2, 0.25) is 5.91 Å². The van der Waals surface area contributed by atoms with Crippen LogP contribution < -0.4 is 5.73 Å². The SMILES string of the molecule is Cc1occc1CN(C)C(=O)CCC(C)CN. The fourth-order valence-electron chi connectivity index (χ4n) is 1.60. The molecule has 96 valence electrons. The molecule has 1 rings (SSSR count). The summed E-state index contributed by atoms with van der Waals surface area (Å²) in [6.07, 6.45) is 3.06. The van der Waals surface area contributed by atoms with Crippen LogP contribution in [0.4, 0.5) is 0 Å². The molecule has 1 amide bonds. The van der Waals surface area contributed by atoms with Gasteiger partial charge in [-0.1, -0.05) is 6.92 Å². The van der Waals surface area contributed by atoms with Crippen LogP contribution in [0.15, 0.2) is 16.7 Å². The molecule has 0 saturated heterocycles. The smallest absolute Gasteiger partial charge is 0.222 e. The predicted molar refractivity (Wildman–Crippen MR) is 67.4 cm³/mol. The van der Waals surface area contributed by atoms with E-state index in [1.165, 1.54) is 0 Å². The van der Waals surface area contributed by atoms with Gasteiger partial charge < -0.3 is 15.1 Å². The van der Waals surface area contributed by atoms with E-state index >= 15 is 0 Å². The average molecular weight is 238 g/mol. The van der Waals surface area contributed by atoms with Gasteiger partial charge in [-0.25, -0.2) is 0 Å². The Labute approximate surface area is 103 Å². The summed E-state index contributed by atoms with van der Waals surface area (Å²) in [4.78, 5) is 13.6. The molecule has 1 heterocycles. The minimum Gasteiger partial charge on any atom is -0.469 e. The van der Waals surface area contributed by atoms with Gasteiger partial charge in [0.25, 0.3) is 0 Å². The zero-order valence-electron chi connectivity index (χ0n) is 10.9. The van der Waals surface area contributed by atoms with Gasteiger partial charge in [0.05, 0.1) is 6.26 Å². The third kappa shape index (κ3) is 4.23. The van der Waals surface area contributed by atoms with Crippen molar-refractivity contribution in [2.45, 2.75) is 33.2 Å². The van der Waals surface area contributed by atoms with Crippen molar-refractivity contribution < 1.29 is 9.21 Å². The predicted octanol–water partition coefficient (Wildman–Crippen LogP) is 1.92. The lowest BCUT2D eigenvalue weighted by atomic mass is 10.1. The minimum atomic E-state index is 0.158. The van der Waals surface area contributed by atoms with Gasteiger partial charge in [-0.05, 0) is 31.9 Å². The largest absolute Gasteiger partial charge is 0.469 e. The fraction of sp³-hybridized carbons (Fsp3) is 0.615. The van der Waals surface area contributed by atoms with Crippen LogP contribution in [0.5, 0.6) is 0 Å². The third-order valence-corrected chi connectivity index (χ3v) is 3.05. The Hall–Kier alpha value is -1.29. The molecule has 17 heavy (non-hydrogen) atoms. The number of carbonyl (C=O) groups excluding carboxylic acids is 1. The van der Waals surface area contributed by atoms with E-state index < -0.39 is 0 Å². The number of furan rings is 1. The van der Waals surface area contributed by atoms with Crippen molar-refractivity contribution in [1.82, 2.24) is 4.90 Å². The van der Waals surface area contributed by atoms with Crippen molar-refractivity contribution >= 4 is 5.91 Å². The third-order valence-electron chi connectivity index (χ3n) is 3.05.